The number of nitrogens with one attached hydrogen (secondary N) is 1. The molecular formula is C29H33Br2N3O5S. The Morgan fingerprint density at radius 3 is 2.02 bits per heavy atom. The van der Waals surface area contributed by atoms with Crippen molar-refractivity contribution in [2.24, 2.45) is 0 Å². The molecule has 0 unspecified atom stereocenters. The average Bonchev–Trinajstić information content (AvgIpc) is 2.94. The van der Waals surface area contributed by atoms with Crippen LogP contribution in [0.1, 0.15) is 32.8 Å². The molecule has 11 heteroatoms. The van der Waals surface area contributed by atoms with Gasteiger partial charge in [-0.15, -0.1) is 0 Å². The Kier molecular flexibility index (Phi) is 11.6. The molecule has 8 nitrogen and oxygen atoms in total. The molecule has 0 bridgehead atoms. The van der Waals surface area contributed by atoms with Gasteiger partial charge in [-0.2, -0.15) is 0 Å². The summed E-state index contributed by atoms with van der Waals surface area (Å²) in [7, 11) is -4.15. The van der Waals surface area contributed by atoms with Crippen LogP contribution in [0.2, 0.25) is 0 Å². The molecule has 0 spiro atoms. The first-order chi connectivity index (χ1) is 19.1. The molecule has 3 aromatic carbocycles. The number of carbonyl (C=O) groups is 2. The zero-order chi connectivity index (χ0) is 29.3. The van der Waals surface area contributed by atoms with Gasteiger partial charge in [0.15, 0.2) is 0 Å². The fourth-order valence-corrected chi connectivity index (χ4v) is 5.85. The standard InChI is InChI=1S/C29H33Br2N3O5S/c1-4-18-32-29(36)21(3)33(19-22-6-8-23(30)9-7-22)28(35)20-34(25-12-14-26(15-13-25)39-5-2)40(37,38)27-16-10-24(31)11-17-27/h6-17,21H,4-5,18-20H2,1-3H3,(H,32,36)/t21-/m1/s1. The lowest BCUT2D eigenvalue weighted by atomic mass is 10.1. The van der Waals surface area contributed by atoms with Crippen molar-refractivity contribution in [3.8, 4) is 5.75 Å². The van der Waals surface area contributed by atoms with Gasteiger partial charge in [-0.05, 0) is 86.5 Å². The second-order valence-corrected chi connectivity index (χ2v) is 12.7. The number of anilines is 1. The molecule has 3 aromatic rings. The first kappa shape index (κ1) is 31.6. The fraction of sp³-hybridized carbons (Fsp3) is 0.310. The van der Waals surface area contributed by atoms with Gasteiger partial charge in [-0.1, -0.05) is 50.9 Å². The summed E-state index contributed by atoms with van der Waals surface area (Å²) >= 11 is 6.75. The van der Waals surface area contributed by atoms with E-state index in [0.717, 1.165) is 25.2 Å². The molecule has 0 saturated carbocycles. The van der Waals surface area contributed by atoms with Crippen LogP contribution in [-0.2, 0) is 26.2 Å². The van der Waals surface area contributed by atoms with E-state index in [1.54, 1.807) is 43.3 Å². The molecule has 0 fully saturated rings. The van der Waals surface area contributed by atoms with Gasteiger partial charge < -0.3 is 15.0 Å². The molecule has 0 radical (unpaired) electrons. The van der Waals surface area contributed by atoms with Gasteiger partial charge in [0.1, 0.15) is 18.3 Å². The lowest BCUT2D eigenvalue weighted by molar-refractivity contribution is -0.139. The molecule has 0 heterocycles. The van der Waals surface area contributed by atoms with Gasteiger partial charge >= 0.3 is 0 Å². The van der Waals surface area contributed by atoms with Crippen LogP contribution >= 0.6 is 31.9 Å². The minimum Gasteiger partial charge on any atom is -0.494 e. The summed E-state index contributed by atoms with van der Waals surface area (Å²) in [6.45, 7) is 6.00. The molecule has 0 aliphatic carbocycles. The third-order valence-electron chi connectivity index (χ3n) is 6.10. The monoisotopic (exact) mass is 693 g/mol. The van der Waals surface area contributed by atoms with Crippen LogP contribution in [0.25, 0.3) is 0 Å². The first-order valence-corrected chi connectivity index (χ1v) is 15.9. The molecule has 1 atom stereocenters. The Morgan fingerprint density at radius 2 is 1.48 bits per heavy atom. The number of benzene rings is 3. The highest BCUT2D eigenvalue weighted by Gasteiger charge is 2.32. The minimum atomic E-state index is -4.15. The Morgan fingerprint density at radius 1 is 0.900 bits per heavy atom. The van der Waals surface area contributed by atoms with Crippen molar-refractivity contribution in [3.63, 3.8) is 0 Å². The molecule has 1 N–H and O–H groups in total. The third-order valence-corrected chi connectivity index (χ3v) is 8.94. The average molecular weight is 695 g/mol. The highest BCUT2D eigenvalue weighted by molar-refractivity contribution is 9.10. The van der Waals surface area contributed by atoms with Crippen molar-refractivity contribution in [1.82, 2.24) is 10.2 Å². The maximum atomic E-state index is 13.9. The molecule has 0 aromatic heterocycles. The van der Waals surface area contributed by atoms with Gasteiger partial charge in [0.25, 0.3) is 10.0 Å². The predicted molar refractivity (Wildman–Crippen MR) is 164 cm³/mol. The quantitative estimate of drug-likeness (QED) is 0.246. The van der Waals surface area contributed by atoms with Crippen LogP contribution in [0.3, 0.4) is 0 Å². The summed E-state index contributed by atoms with van der Waals surface area (Å²) in [5, 5.41) is 2.84. The summed E-state index contributed by atoms with van der Waals surface area (Å²) in [4.78, 5) is 28.3. The molecule has 40 heavy (non-hydrogen) atoms. The van der Waals surface area contributed by atoms with Crippen molar-refractivity contribution >= 4 is 59.4 Å². The topological polar surface area (TPSA) is 96.0 Å². The van der Waals surface area contributed by atoms with E-state index in [2.05, 4.69) is 37.2 Å². The first-order valence-electron chi connectivity index (χ1n) is 12.9. The summed E-state index contributed by atoms with van der Waals surface area (Å²) in [6, 6.07) is 19.3. The summed E-state index contributed by atoms with van der Waals surface area (Å²) < 4.78 is 35.9. The van der Waals surface area contributed by atoms with Gasteiger partial charge in [0.05, 0.1) is 17.2 Å². The minimum absolute atomic E-state index is 0.0329. The SMILES string of the molecule is CCCNC(=O)[C@@H](C)N(Cc1ccc(Br)cc1)C(=O)CN(c1ccc(OCC)cc1)S(=O)(=O)c1ccc(Br)cc1. The fourth-order valence-electron chi connectivity index (χ4n) is 3.90. The van der Waals surface area contributed by atoms with E-state index in [-0.39, 0.29) is 17.3 Å². The summed E-state index contributed by atoms with van der Waals surface area (Å²) in [5.41, 5.74) is 1.10. The number of ether oxygens (including phenoxy) is 1. The Hall–Kier alpha value is -2.89. The van der Waals surface area contributed by atoms with Gasteiger partial charge in [-0.25, -0.2) is 8.42 Å². The van der Waals surface area contributed by atoms with E-state index < -0.39 is 28.5 Å². The lowest BCUT2D eigenvalue weighted by Crippen LogP contribution is -2.51. The molecular weight excluding hydrogens is 662 g/mol. The number of amides is 2. The number of hydrogen-bond donors (Lipinski definition) is 1. The molecule has 3 rings (SSSR count). The van der Waals surface area contributed by atoms with Crippen LogP contribution in [-0.4, -0.2) is 50.9 Å². The van der Waals surface area contributed by atoms with E-state index in [1.165, 1.54) is 17.0 Å². The van der Waals surface area contributed by atoms with Crippen LogP contribution in [0.4, 0.5) is 5.69 Å². The van der Waals surface area contributed by atoms with Gasteiger partial charge in [0, 0.05) is 22.0 Å². The predicted octanol–water partition coefficient (Wildman–Crippen LogP) is 5.75. The molecule has 0 saturated heterocycles. The molecule has 0 aliphatic heterocycles. The lowest BCUT2D eigenvalue weighted by Gasteiger charge is -2.32. The van der Waals surface area contributed by atoms with Crippen LogP contribution < -0.4 is 14.4 Å². The van der Waals surface area contributed by atoms with Crippen molar-refractivity contribution in [2.75, 3.05) is 24.0 Å². The van der Waals surface area contributed by atoms with E-state index in [1.807, 2.05) is 38.1 Å². The number of carbonyl (C=O) groups excluding carboxylic acids is 2. The second-order valence-electron chi connectivity index (χ2n) is 9.01. The number of rotatable bonds is 13. The Labute approximate surface area is 253 Å². The smallest absolute Gasteiger partial charge is 0.264 e. The van der Waals surface area contributed by atoms with E-state index in [9.17, 15) is 18.0 Å². The number of sulfonamides is 1. The largest absolute Gasteiger partial charge is 0.494 e. The van der Waals surface area contributed by atoms with Crippen LogP contribution in [0.15, 0.2) is 86.6 Å². The number of hydrogen-bond acceptors (Lipinski definition) is 5. The normalized spacial score (nSPS) is 11.9. The van der Waals surface area contributed by atoms with Gasteiger partial charge in [0.2, 0.25) is 11.8 Å². The Balaban J connectivity index is 2.01. The maximum absolute atomic E-state index is 13.9. The van der Waals surface area contributed by atoms with Crippen molar-refractivity contribution in [3.05, 3.63) is 87.3 Å². The molecule has 0 aliphatic rings. The summed E-state index contributed by atoms with van der Waals surface area (Å²) in [6.07, 6.45) is 0.746. The highest BCUT2D eigenvalue weighted by atomic mass is 79.9. The molecule has 2 amide bonds. The third kappa shape index (κ3) is 8.31. The summed E-state index contributed by atoms with van der Waals surface area (Å²) in [5.74, 6) is -0.246. The number of halogens is 2. The van der Waals surface area contributed by atoms with E-state index in [0.29, 0.717) is 24.6 Å². The zero-order valence-corrected chi connectivity index (χ0v) is 26.6. The van der Waals surface area contributed by atoms with Crippen LogP contribution in [0, 0.1) is 0 Å². The van der Waals surface area contributed by atoms with Crippen molar-refractivity contribution < 1.29 is 22.7 Å². The van der Waals surface area contributed by atoms with Crippen molar-refractivity contribution in [1.29, 1.82) is 0 Å². The van der Waals surface area contributed by atoms with E-state index >= 15 is 0 Å². The molecule has 214 valence electrons. The van der Waals surface area contributed by atoms with E-state index in [4.69, 9.17) is 4.74 Å². The van der Waals surface area contributed by atoms with Crippen LogP contribution in [0.5, 0.6) is 5.75 Å². The zero-order valence-electron chi connectivity index (χ0n) is 22.6. The maximum Gasteiger partial charge on any atom is 0.264 e. The Bertz CT molecular complexity index is 1380. The highest BCUT2D eigenvalue weighted by Crippen LogP contribution is 2.27. The number of nitrogens with zero attached hydrogens (tertiary/aromatic N) is 2. The second kappa shape index (κ2) is 14.7. The van der Waals surface area contributed by atoms with Gasteiger partial charge in [-0.3, -0.25) is 13.9 Å². The van der Waals surface area contributed by atoms with Crippen molar-refractivity contribution in [2.45, 2.75) is 44.7 Å².